The van der Waals surface area contributed by atoms with E-state index >= 15 is 0 Å². The summed E-state index contributed by atoms with van der Waals surface area (Å²) >= 11 is 0. The van der Waals surface area contributed by atoms with Gasteiger partial charge in [-0.25, -0.2) is 0 Å². The summed E-state index contributed by atoms with van der Waals surface area (Å²) in [5, 5.41) is 1.83. The third-order valence-electron chi connectivity index (χ3n) is 2.32. The molecule has 3 nitrogen and oxygen atoms in total. The van der Waals surface area contributed by atoms with Gasteiger partial charge < -0.3 is 10.1 Å². The second-order valence-corrected chi connectivity index (χ2v) is 3.71. The van der Waals surface area contributed by atoms with Gasteiger partial charge in [-0.15, -0.1) is 0 Å². The summed E-state index contributed by atoms with van der Waals surface area (Å²) < 4.78 is 40.6. The number of hydrogen-bond donors (Lipinski definition) is 1. The number of ether oxygens (including phenoxy) is 1. The predicted octanol–water partition coefficient (Wildman–Crippen LogP) is 2.31. The molecule has 1 aromatic carbocycles. The number of methoxy groups -OCH3 is 1. The van der Waals surface area contributed by atoms with Crippen molar-refractivity contribution in [3.63, 3.8) is 0 Å². The molecule has 0 saturated carbocycles. The van der Waals surface area contributed by atoms with Gasteiger partial charge >= 0.3 is 12.1 Å². The van der Waals surface area contributed by atoms with E-state index in [4.69, 9.17) is 4.74 Å². The van der Waals surface area contributed by atoms with E-state index in [0.29, 0.717) is 18.6 Å². The van der Waals surface area contributed by atoms with Crippen LogP contribution in [0.3, 0.4) is 0 Å². The van der Waals surface area contributed by atoms with Crippen LogP contribution in [0.15, 0.2) is 24.3 Å². The molecule has 0 heterocycles. The van der Waals surface area contributed by atoms with Gasteiger partial charge in [0.25, 0.3) is 0 Å². The van der Waals surface area contributed by atoms with Crippen molar-refractivity contribution >= 4 is 5.91 Å². The van der Waals surface area contributed by atoms with Gasteiger partial charge in [0.2, 0.25) is 0 Å². The molecule has 0 radical (unpaired) electrons. The minimum atomic E-state index is -4.81. The number of rotatable bonds is 5. The Morgan fingerprint density at radius 3 is 2.72 bits per heavy atom. The summed E-state index contributed by atoms with van der Waals surface area (Å²) in [4.78, 5) is 10.5. The van der Waals surface area contributed by atoms with Crippen molar-refractivity contribution < 1.29 is 22.7 Å². The maximum Gasteiger partial charge on any atom is 0.471 e. The van der Waals surface area contributed by atoms with Crippen LogP contribution in [-0.4, -0.2) is 25.7 Å². The maximum atomic E-state index is 11.9. The van der Waals surface area contributed by atoms with E-state index in [2.05, 4.69) is 0 Å². The van der Waals surface area contributed by atoms with Crippen molar-refractivity contribution in [3.8, 4) is 5.75 Å². The molecule has 1 amide bonds. The summed E-state index contributed by atoms with van der Waals surface area (Å²) in [6.45, 7) is -0.00441. The van der Waals surface area contributed by atoms with Gasteiger partial charge in [0.15, 0.2) is 0 Å². The Hall–Kier alpha value is -1.72. The Bertz CT molecular complexity index is 405. The lowest BCUT2D eigenvalue weighted by atomic mass is 10.1. The van der Waals surface area contributed by atoms with Crippen LogP contribution < -0.4 is 10.1 Å². The van der Waals surface area contributed by atoms with Crippen LogP contribution in [-0.2, 0) is 11.2 Å². The maximum absolute atomic E-state index is 11.9. The predicted molar refractivity (Wildman–Crippen MR) is 60.4 cm³/mol. The topological polar surface area (TPSA) is 38.3 Å². The molecule has 18 heavy (non-hydrogen) atoms. The number of benzene rings is 1. The summed E-state index contributed by atoms with van der Waals surface area (Å²) in [6, 6.07) is 7.26. The highest BCUT2D eigenvalue weighted by Crippen LogP contribution is 2.15. The van der Waals surface area contributed by atoms with Gasteiger partial charge in [0, 0.05) is 6.54 Å². The molecule has 1 rings (SSSR count). The van der Waals surface area contributed by atoms with Crippen molar-refractivity contribution in [2.75, 3.05) is 13.7 Å². The molecule has 0 aromatic heterocycles. The van der Waals surface area contributed by atoms with Gasteiger partial charge in [-0.1, -0.05) is 12.1 Å². The highest BCUT2D eigenvalue weighted by Gasteiger charge is 2.38. The Morgan fingerprint density at radius 2 is 2.11 bits per heavy atom. The van der Waals surface area contributed by atoms with Gasteiger partial charge in [-0.05, 0) is 30.5 Å². The Labute approximate surface area is 103 Å². The highest BCUT2D eigenvalue weighted by molar-refractivity contribution is 5.81. The largest absolute Gasteiger partial charge is 0.497 e. The normalized spacial score (nSPS) is 11.1. The van der Waals surface area contributed by atoms with Gasteiger partial charge in [0.1, 0.15) is 5.75 Å². The third kappa shape index (κ3) is 4.65. The lowest BCUT2D eigenvalue weighted by Crippen LogP contribution is -2.37. The van der Waals surface area contributed by atoms with E-state index < -0.39 is 12.1 Å². The number of carbonyl (C=O) groups excluding carboxylic acids is 1. The number of aryl methyl sites for hydroxylation is 1. The standard InChI is InChI=1S/C12H14F3NO2/c1-18-10-6-2-4-9(8-10)5-3-7-16-11(17)12(13,14)15/h2,4,6,8H,3,5,7H2,1H3,(H,16,17). The molecular weight excluding hydrogens is 247 g/mol. The minimum Gasteiger partial charge on any atom is -0.497 e. The van der Waals surface area contributed by atoms with Crippen LogP contribution in [0.25, 0.3) is 0 Å². The molecular formula is C12H14F3NO2. The summed E-state index contributed by atoms with van der Waals surface area (Å²) in [6.07, 6.45) is -3.79. The van der Waals surface area contributed by atoms with Gasteiger partial charge in [-0.2, -0.15) is 13.2 Å². The van der Waals surface area contributed by atoms with Crippen molar-refractivity contribution in [2.45, 2.75) is 19.0 Å². The zero-order chi connectivity index (χ0) is 13.6. The molecule has 0 aliphatic heterocycles. The van der Waals surface area contributed by atoms with Crippen LogP contribution in [0, 0.1) is 0 Å². The number of carbonyl (C=O) groups is 1. The minimum absolute atomic E-state index is 0.00441. The highest BCUT2D eigenvalue weighted by atomic mass is 19.4. The van der Waals surface area contributed by atoms with Crippen molar-refractivity contribution in [1.82, 2.24) is 5.32 Å². The first kappa shape index (κ1) is 14.3. The molecule has 0 atom stereocenters. The number of amides is 1. The lowest BCUT2D eigenvalue weighted by molar-refractivity contribution is -0.173. The summed E-state index contributed by atoms with van der Waals surface area (Å²) in [5.41, 5.74) is 0.954. The number of hydrogen-bond acceptors (Lipinski definition) is 2. The van der Waals surface area contributed by atoms with Crippen LogP contribution in [0.5, 0.6) is 5.75 Å². The monoisotopic (exact) mass is 261 g/mol. The molecule has 0 saturated heterocycles. The van der Waals surface area contributed by atoms with Crippen molar-refractivity contribution in [3.05, 3.63) is 29.8 Å². The molecule has 1 N–H and O–H groups in total. The molecule has 0 fully saturated rings. The molecule has 1 aromatic rings. The second-order valence-electron chi connectivity index (χ2n) is 3.71. The fraction of sp³-hybridized carbons (Fsp3) is 0.417. The van der Waals surface area contributed by atoms with E-state index in [9.17, 15) is 18.0 Å². The molecule has 100 valence electrons. The first-order chi connectivity index (χ1) is 8.43. The van der Waals surface area contributed by atoms with Crippen LogP contribution >= 0.6 is 0 Å². The fourth-order valence-corrected chi connectivity index (χ4v) is 1.42. The van der Waals surface area contributed by atoms with Crippen molar-refractivity contribution in [1.29, 1.82) is 0 Å². The van der Waals surface area contributed by atoms with Gasteiger partial charge in [-0.3, -0.25) is 4.79 Å². The quantitative estimate of drug-likeness (QED) is 0.826. The van der Waals surface area contributed by atoms with Crippen molar-refractivity contribution in [2.24, 2.45) is 0 Å². The zero-order valence-electron chi connectivity index (χ0n) is 9.88. The summed E-state index contributed by atoms with van der Waals surface area (Å²) in [5.74, 6) is -1.19. The smallest absolute Gasteiger partial charge is 0.471 e. The first-order valence-corrected chi connectivity index (χ1v) is 5.41. The molecule has 0 aliphatic rings. The van der Waals surface area contributed by atoms with E-state index in [-0.39, 0.29) is 6.54 Å². The number of halogens is 3. The lowest BCUT2D eigenvalue weighted by Gasteiger charge is -2.08. The van der Waals surface area contributed by atoms with E-state index in [1.54, 1.807) is 13.2 Å². The molecule has 0 bridgehead atoms. The Kier molecular flexibility index (Phi) is 5.00. The molecule has 0 spiro atoms. The third-order valence-corrected chi connectivity index (χ3v) is 2.32. The number of nitrogens with one attached hydrogen (secondary N) is 1. The fourth-order valence-electron chi connectivity index (χ4n) is 1.42. The van der Waals surface area contributed by atoms with E-state index in [1.165, 1.54) is 0 Å². The van der Waals surface area contributed by atoms with Crippen LogP contribution in [0.1, 0.15) is 12.0 Å². The molecule has 6 heteroatoms. The zero-order valence-corrected chi connectivity index (χ0v) is 9.88. The average molecular weight is 261 g/mol. The Balaban J connectivity index is 2.32. The first-order valence-electron chi connectivity index (χ1n) is 5.41. The van der Waals surface area contributed by atoms with E-state index in [0.717, 1.165) is 5.56 Å². The summed E-state index contributed by atoms with van der Waals surface area (Å²) in [7, 11) is 1.54. The van der Waals surface area contributed by atoms with Crippen LogP contribution in [0.2, 0.25) is 0 Å². The molecule has 0 unspecified atom stereocenters. The Morgan fingerprint density at radius 1 is 1.39 bits per heavy atom. The number of alkyl halides is 3. The van der Waals surface area contributed by atoms with Gasteiger partial charge in [0.05, 0.1) is 7.11 Å². The average Bonchev–Trinajstić information content (AvgIpc) is 2.33. The molecule has 0 aliphatic carbocycles. The second kappa shape index (κ2) is 6.28. The van der Waals surface area contributed by atoms with Crippen LogP contribution in [0.4, 0.5) is 13.2 Å². The SMILES string of the molecule is COc1cccc(CCCNC(=O)C(F)(F)F)c1. The van der Waals surface area contributed by atoms with E-state index in [1.807, 2.05) is 23.5 Å².